The lowest BCUT2D eigenvalue weighted by molar-refractivity contribution is 0.463. The Kier molecular flexibility index (Phi) is 4.66. The number of hydrogen-bond donors (Lipinski definition) is 1. The summed E-state index contributed by atoms with van der Waals surface area (Å²) in [5, 5.41) is 0. The SMILES string of the molecule is Cl.N[C@H]1CCN(S(=O)(=O)c2cc(F)ccc2F)C1. The Labute approximate surface area is 110 Å². The van der Waals surface area contributed by atoms with Crippen LogP contribution in [-0.4, -0.2) is 31.9 Å². The summed E-state index contributed by atoms with van der Waals surface area (Å²) < 4.78 is 51.5. The molecule has 0 radical (unpaired) electrons. The van der Waals surface area contributed by atoms with Gasteiger partial charge in [-0.2, -0.15) is 4.31 Å². The van der Waals surface area contributed by atoms with Crippen molar-refractivity contribution in [2.75, 3.05) is 13.1 Å². The zero-order valence-electron chi connectivity index (χ0n) is 9.34. The molecule has 0 unspecified atom stereocenters. The highest BCUT2D eigenvalue weighted by atomic mass is 35.5. The van der Waals surface area contributed by atoms with E-state index in [4.69, 9.17) is 5.73 Å². The van der Waals surface area contributed by atoms with E-state index in [9.17, 15) is 17.2 Å². The molecule has 1 atom stereocenters. The molecule has 1 aromatic carbocycles. The van der Waals surface area contributed by atoms with Gasteiger partial charge in [0, 0.05) is 19.1 Å². The molecule has 1 aliphatic heterocycles. The highest BCUT2D eigenvalue weighted by Crippen LogP contribution is 2.23. The van der Waals surface area contributed by atoms with Crippen molar-refractivity contribution in [3.63, 3.8) is 0 Å². The van der Waals surface area contributed by atoms with E-state index in [-0.39, 0.29) is 31.5 Å². The van der Waals surface area contributed by atoms with Crippen molar-refractivity contribution in [2.45, 2.75) is 17.4 Å². The Morgan fingerprint density at radius 1 is 1.33 bits per heavy atom. The van der Waals surface area contributed by atoms with E-state index in [1.807, 2.05) is 0 Å². The van der Waals surface area contributed by atoms with Crippen molar-refractivity contribution in [3.8, 4) is 0 Å². The van der Waals surface area contributed by atoms with Crippen LogP contribution in [0.25, 0.3) is 0 Å². The van der Waals surface area contributed by atoms with Crippen LogP contribution >= 0.6 is 12.4 Å². The molecular formula is C10H13ClF2N2O2S. The van der Waals surface area contributed by atoms with E-state index < -0.39 is 26.6 Å². The molecule has 102 valence electrons. The predicted octanol–water partition coefficient (Wildman–Crippen LogP) is 1.11. The summed E-state index contributed by atoms with van der Waals surface area (Å²) >= 11 is 0. The second-order valence-corrected chi connectivity index (χ2v) is 5.89. The highest BCUT2D eigenvalue weighted by Gasteiger charge is 2.32. The summed E-state index contributed by atoms with van der Waals surface area (Å²) in [7, 11) is -3.99. The normalized spacial score (nSPS) is 20.7. The molecule has 0 aromatic heterocycles. The van der Waals surface area contributed by atoms with E-state index in [0.717, 1.165) is 16.4 Å². The molecule has 4 nitrogen and oxygen atoms in total. The minimum atomic E-state index is -3.99. The first-order valence-corrected chi connectivity index (χ1v) is 6.56. The van der Waals surface area contributed by atoms with Crippen LogP contribution in [0.4, 0.5) is 8.78 Å². The Balaban J connectivity index is 0.00000162. The topological polar surface area (TPSA) is 63.4 Å². The molecule has 1 heterocycles. The van der Waals surface area contributed by atoms with Crippen molar-refractivity contribution in [2.24, 2.45) is 5.73 Å². The van der Waals surface area contributed by atoms with E-state index in [2.05, 4.69) is 0 Å². The van der Waals surface area contributed by atoms with Gasteiger partial charge in [-0.25, -0.2) is 17.2 Å². The monoisotopic (exact) mass is 298 g/mol. The largest absolute Gasteiger partial charge is 0.326 e. The van der Waals surface area contributed by atoms with E-state index in [0.29, 0.717) is 12.5 Å². The maximum absolute atomic E-state index is 13.4. The van der Waals surface area contributed by atoms with Crippen LogP contribution in [0.2, 0.25) is 0 Å². The van der Waals surface area contributed by atoms with E-state index in [1.165, 1.54) is 0 Å². The van der Waals surface area contributed by atoms with Crippen LogP contribution in [0.5, 0.6) is 0 Å². The molecule has 18 heavy (non-hydrogen) atoms. The van der Waals surface area contributed by atoms with Crippen LogP contribution in [-0.2, 0) is 10.0 Å². The average molecular weight is 299 g/mol. The smallest absolute Gasteiger partial charge is 0.246 e. The Morgan fingerprint density at radius 3 is 2.56 bits per heavy atom. The van der Waals surface area contributed by atoms with Gasteiger partial charge in [-0.1, -0.05) is 0 Å². The number of halogens is 3. The fraction of sp³-hybridized carbons (Fsp3) is 0.400. The lowest BCUT2D eigenvalue weighted by Crippen LogP contribution is -2.32. The zero-order valence-corrected chi connectivity index (χ0v) is 11.0. The van der Waals surface area contributed by atoms with Crippen LogP contribution in [0.1, 0.15) is 6.42 Å². The lowest BCUT2D eigenvalue weighted by Gasteiger charge is -2.16. The molecule has 0 saturated carbocycles. The molecule has 1 aromatic rings. The third kappa shape index (κ3) is 2.80. The second-order valence-electron chi connectivity index (χ2n) is 3.99. The number of hydrogen-bond acceptors (Lipinski definition) is 3. The summed E-state index contributed by atoms with van der Waals surface area (Å²) in [5.41, 5.74) is 5.59. The van der Waals surface area contributed by atoms with E-state index >= 15 is 0 Å². The van der Waals surface area contributed by atoms with Crippen molar-refractivity contribution in [1.82, 2.24) is 4.31 Å². The minimum absolute atomic E-state index is 0. The Morgan fingerprint density at radius 2 is 2.00 bits per heavy atom. The van der Waals surface area contributed by atoms with Gasteiger partial charge in [-0.15, -0.1) is 12.4 Å². The standard InChI is InChI=1S/C10H12F2N2O2S.ClH/c11-7-1-2-9(12)10(5-7)17(15,16)14-4-3-8(13)6-14;/h1-2,5,8H,3-4,6,13H2;1H/t8-;/m0./s1. The maximum atomic E-state index is 13.4. The van der Waals surface area contributed by atoms with Gasteiger partial charge in [-0.3, -0.25) is 0 Å². The fourth-order valence-corrected chi connectivity index (χ4v) is 3.37. The number of rotatable bonds is 2. The van der Waals surface area contributed by atoms with Crippen LogP contribution in [0.15, 0.2) is 23.1 Å². The molecule has 2 rings (SSSR count). The summed E-state index contributed by atoms with van der Waals surface area (Å²) in [5.74, 6) is -1.74. The van der Waals surface area contributed by atoms with Gasteiger partial charge in [0.05, 0.1) is 0 Å². The summed E-state index contributed by atoms with van der Waals surface area (Å²) in [4.78, 5) is -0.633. The van der Waals surface area contributed by atoms with Crippen LogP contribution in [0.3, 0.4) is 0 Å². The molecule has 0 bridgehead atoms. The molecule has 1 aliphatic rings. The van der Waals surface area contributed by atoms with E-state index in [1.54, 1.807) is 0 Å². The van der Waals surface area contributed by atoms with Gasteiger partial charge in [0.25, 0.3) is 0 Å². The molecule has 8 heteroatoms. The van der Waals surface area contributed by atoms with Crippen molar-refractivity contribution >= 4 is 22.4 Å². The maximum Gasteiger partial charge on any atom is 0.246 e. The molecular weight excluding hydrogens is 286 g/mol. The highest BCUT2D eigenvalue weighted by molar-refractivity contribution is 7.89. The third-order valence-electron chi connectivity index (χ3n) is 2.70. The molecule has 0 spiro atoms. The molecule has 0 amide bonds. The van der Waals surface area contributed by atoms with Gasteiger partial charge >= 0.3 is 0 Å². The molecule has 1 fully saturated rings. The first kappa shape index (κ1) is 15.3. The van der Waals surface area contributed by atoms with Crippen LogP contribution in [0, 0.1) is 11.6 Å². The summed E-state index contributed by atoms with van der Waals surface area (Å²) in [6, 6.07) is 2.12. The fourth-order valence-electron chi connectivity index (χ4n) is 1.79. The van der Waals surface area contributed by atoms with Gasteiger partial charge in [0.1, 0.15) is 16.5 Å². The zero-order chi connectivity index (χ0) is 12.6. The van der Waals surface area contributed by atoms with Crippen molar-refractivity contribution in [3.05, 3.63) is 29.8 Å². The van der Waals surface area contributed by atoms with Crippen molar-refractivity contribution in [1.29, 1.82) is 0 Å². The number of benzene rings is 1. The quantitative estimate of drug-likeness (QED) is 0.889. The first-order chi connectivity index (χ1) is 7.91. The Hall–Kier alpha value is -0.760. The summed E-state index contributed by atoms with van der Waals surface area (Å²) in [6.45, 7) is 0.373. The van der Waals surface area contributed by atoms with Gasteiger partial charge < -0.3 is 5.73 Å². The van der Waals surface area contributed by atoms with Crippen molar-refractivity contribution < 1.29 is 17.2 Å². The minimum Gasteiger partial charge on any atom is -0.326 e. The molecule has 1 saturated heterocycles. The average Bonchev–Trinajstić information content (AvgIpc) is 2.69. The third-order valence-corrected chi connectivity index (χ3v) is 4.58. The predicted molar refractivity (Wildman–Crippen MR) is 65.0 cm³/mol. The summed E-state index contributed by atoms with van der Waals surface area (Å²) in [6.07, 6.45) is 0.524. The van der Waals surface area contributed by atoms with Gasteiger partial charge in [-0.05, 0) is 24.6 Å². The van der Waals surface area contributed by atoms with Gasteiger partial charge in [0.2, 0.25) is 10.0 Å². The Bertz CT molecular complexity index is 539. The number of sulfonamides is 1. The molecule has 2 N–H and O–H groups in total. The first-order valence-electron chi connectivity index (χ1n) is 5.12. The number of nitrogens with two attached hydrogens (primary N) is 1. The van der Waals surface area contributed by atoms with Gasteiger partial charge in [0.15, 0.2) is 0 Å². The molecule has 0 aliphatic carbocycles. The lowest BCUT2D eigenvalue weighted by atomic mass is 10.3. The number of nitrogens with zero attached hydrogens (tertiary/aromatic N) is 1. The second kappa shape index (κ2) is 5.48. The van der Waals surface area contributed by atoms with Crippen LogP contribution < -0.4 is 5.73 Å².